The second-order valence-electron chi connectivity index (χ2n) is 10.2. The van der Waals surface area contributed by atoms with Gasteiger partial charge in [-0.3, -0.25) is 15.2 Å². The second-order valence-corrected chi connectivity index (χ2v) is 10.2. The zero-order chi connectivity index (χ0) is 26.1. The number of anilines is 1. The molecule has 4 aromatic rings. The zero-order valence-electron chi connectivity index (χ0n) is 21.3. The minimum atomic E-state index is -0.248. The summed E-state index contributed by atoms with van der Waals surface area (Å²) in [4.78, 5) is 24.6. The van der Waals surface area contributed by atoms with E-state index >= 15 is 0 Å². The maximum atomic E-state index is 14.6. The molecule has 0 spiro atoms. The van der Waals surface area contributed by atoms with Crippen molar-refractivity contribution in [3.63, 3.8) is 0 Å². The van der Waals surface area contributed by atoms with Gasteiger partial charge in [-0.15, -0.1) is 0 Å². The lowest BCUT2D eigenvalue weighted by Gasteiger charge is -2.34. The number of hydrogen-bond acceptors (Lipinski definition) is 6. The van der Waals surface area contributed by atoms with Gasteiger partial charge in [0.25, 0.3) is 0 Å². The van der Waals surface area contributed by atoms with Gasteiger partial charge in [-0.2, -0.15) is 0 Å². The number of carbonyl (C=O) groups excluding carboxylic acids is 1. The molecule has 5 heterocycles. The molecule has 196 valence electrons. The van der Waals surface area contributed by atoms with Crippen LogP contribution in [0, 0.1) is 11.7 Å². The van der Waals surface area contributed by atoms with Crippen molar-refractivity contribution < 1.29 is 9.18 Å². The summed E-state index contributed by atoms with van der Waals surface area (Å²) in [7, 11) is 0. The number of pyridine rings is 2. The number of hydrogen-bond donors (Lipinski definition) is 5. The summed E-state index contributed by atoms with van der Waals surface area (Å²) >= 11 is 0. The number of piperidine rings is 1. The minimum Gasteiger partial charge on any atom is -0.342 e. The SMILES string of the molecule is CCCCC(=O)Nc1cncc(C2CC3C(CN2)NNC3c2cc3c(-c4ccccc4F)ccnc3[nH]2)c1. The van der Waals surface area contributed by atoms with Crippen LogP contribution >= 0.6 is 0 Å². The highest BCUT2D eigenvalue weighted by atomic mass is 19.1. The Balaban J connectivity index is 1.23. The first kappa shape index (κ1) is 24.7. The Morgan fingerprint density at radius 3 is 2.89 bits per heavy atom. The standard InChI is InChI=1S/C29H32FN7O/c1-2-3-8-27(38)34-18-11-17(14-31-15-18)24-13-22-26(16-33-24)36-37-28(22)25-12-21-19(9-10-32-29(21)35-25)20-6-4-5-7-23(20)30/h4-7,9-12,14-15,22,24,26,28,33,36-37H,2-3,8,13,16H2,1H3,(H,32,35)(H,34,38). The Labute approximate surface area is 220 Å². The van der Waals surface area contributed by atoms with Crippen molar-refractivity contribution in [2.75, 3.05) is 11.9 Å². The van der Waals surface area contributed by atoms with Crippen LogP contribution < -0.4 is 21.5 Å². The zero-order valence-corrected chi connectivity index (χ0v) is 21.3. The van der Waals surface area contributed by atoms with Crippen molar-refractivity contribution in [1.29, 1.82) is 0 Å². The van der Waals surface area contributed by atoms with E-state index in [-0.39, 0.29) is 29.8 Å². The number of nitrogens with one attached hydrogen (secondary N) is 5. The fraction of sp³-hybridized carbons (Fsp3) is 0.345. The van der Waals surface area contributed by atoms with E-state index < -0.39 is 0 Å². The van der Waals surface area contributed by atoms with Gasteiger partial charge in [-0.1, -0.05) is 31.5 Å². The van der Waals surface area contributed by atoms with Crippen LogP contribution in [-0.2, 0) is 4.79 Å². The number of aromatic amines is 1. The highest BCUT2D eigenvalue weighted by Gasteiger charge is 2.42. The summed E-state index contributed by atoms with van der Waals surface area (Å²) in [6.45, 7) is 2.87. The van der Waals surface area contributed by atoms with Crippen molar-refractivity contribution >= 4 is 22.6 Å². The Morgan fingerprint density at radius 2 is 2.03 bits per heavy atom. The topological polar surface area (TPSA) is 107 Å². The van der Waals surface area contributed by atoms with Crippen LogP contribution in [0.15, 0.2) is 61.1 Å². The van der Waals surface area contributed by atoms with Crippen LogP contribution in [0.4, 0.5) is 10.1 Å². The maximum Gasteiger partial charge on any atom is 0.224 e. The monoisotopic (exact) mass is 513 g/mol. The molecule has 1 aromatic carbocycles. The summed E-state index contributed by atoms with van der Waals surface area (Å²) in [6.07, 6.45) is 8.55. The van der Waals surface area contributed by atoms with E-state index in [9.17, 15) is 9.18 Å². The van der Waals surface area contributed by atoms with Crippen molar-refractivity contribution in [2.24, 2.45) is 5.92 Å². The van der Waals surface area contributed by atoms with Crippen LogP contribution in [0.2, 0.25) is 0 Å². The molecule has 9 heteroatoms. The number of aromatic nitrogens is 3. The smallest absolute Gasteiger partial charge is 0.224 e. The second kappa shape index (κ2) is 10.6. The Bertz CT molecular complexity index is 1450. The lowest BCUT2D eigenvalue weighted by Crippen LogP contribution is -2.46. The van der Waals surface area contributed by atoms with E-state index in [0.29, 0.717) is 17.9 Å². The largest absolute Gasteiger partial charge is 0.342 e. The molecule has 6 rings (SSSR count). The number of nitrogens with zero attached hydrogens (tertiary/aromatic N) is 2. The lowest BCUT2D eigenvalue weighted by atomic mass is 9.81. The summed E-state index contributed by atoms with van der Waals surface area (Å²) in [6, 6.07) is 13.2. The van der Waals surface area contributed by atoms with E-state index in [2.05, 4.69) is 49.4 Å². The predicted octanol–water partition coefficient (Wildman–Crippen LogP) is 4.76. The number of carbonyl (C=O) groups is 1. The Hall–Kier alpha value is -3.66. The van der Waals surface area contributed by atoms with Gasteiger partial charge in [0.2, 0.25) is 5.91 Å². The third kappa shape index (κ3) is 4.80. The fourth-order valence-corrected chi connectivity index (χ4v) is 5.74. The van der Waals surface area contributed by atoms with Crippen LogP contribution in [0.25, 0.3) is 22.2 Å². The summed E-state index contributed by atoms with van der Waals surface area (Å²) < 4.78 is 14.6. The molecular weight excluding hydrogens is 481 g/mol. The van der Waals surface area contributed by atoms with Gasteiger partial charge in [-0.25, -0.2) is 14.8 Å². The predicted molar refractivity (Wildman–Crippen MR) is 146 cm³/mol. The Kier molecular flexibility index (Phi) is 6.88. The van der Waals surface area contributed by atoms with Gasteiger partial charge in [0, 0.05) is 60.0 Å². The number of halogens is 1. The molecule has 4 atom stereocenters. The highest BCUT2D eigenvalue weighted by molar-refractivity contribution is 5.93. The minimum absolute atomic E-state index is 0.0221. The molecule has 3 aromatic heterocycles. The number of hydrazine groups is 1. The van der Waals surface area contributed by atoms with E-state index in [1.54, 1.807) is 24.5 Å². The quantitative estimate of drug-likeness (QED) is 0.244. The van der Waals surface area contributed by atoms with Gasteiger partial charge in [0.05, 0.1) is 17.9 Å². The lowest BCUT2D eigenvalue weighted by molar-refractivity contribution is -0.116. The number of amides is 1. The molecule has 2 saturated heterocycles. The van der Waals surface area contributed by atoms with Gasteiger partial charge in [-0.05, 0) is 48.2 Å². The molecule has 1 amide bonds. The Morgan fingerprint density at radius 1 is 1.13 bits per heavy atom. The molecule has 0 radical (unpaired) electrons. The number of rotatable bonds is 7. The normalized spacial score (nSPS) is 22.9. The van der Waals surface area contributed by atoms with Gasteiger partial charge >= 0.3 is 0 Å². The average molecular weight is 514 g/mol. The van der Waals surface area contributed by atoms with E-state index in [1.165, 1.54) is 6.07 Å². The van der Waals surface area contributed by atoms with Crippen LogP contribution in [0.3, 0.4) is 0 Å². The molecule has 0 bridgehead atoms. The van der Waals surface area contributed by atoms with Crippen molar-refractivity contribution in [3.05, 3.63) is 78.1 Å². The highest BCUT2D eigenvalue weighted by Crippen LogP contribution is 2.40. The number of fused-ring (bicyclic) bond motifs is 2. The van der Waals surface area contributed by atoms with Crippen LogP contribution in [-0.4, -0.2) is 33.4 Å². The van der Waals surface area contributed by atoms with E-state index in [1.807, 2.05) is 24.4 Å². The van der Waals surface area contributed by atoms with E-state index in [0.717, 1.165) is 59.3 Å². The van der Waals surface area contributed by atoms with Crippen molar-refractivity contribution in [1.82, 2.24) is 31.1 Å². The molecule has 8 nitrogen and oxygen atoms in total. The first-order valence-corrected chi connectivity index (χ1v) is 13.3. The van der Waals surface area contributed by atoms with Crippen LogP contribution in [0.1, 0.15) is 55.9 Å². The third-order valence-corrected chi connectivity index (χ3v) is 7.72. The fourth-order valence-electron chi connectivity index (χ4n) is 5.74. The molecule has 4 unspecified atom stereocenters. The molecule has 2 aliphatic heterocycles. The summed E-state index contributed by atoms with van der Waals surface area (Å²) in [5, 5.41) is 7.52. The third-order valence-electron chi connectivity index (χ3n) is 7.72. The summed E-state index contributed by atoms with van der Waals surface area (Å²) in [5.74, 6) is 0.0741. The van der Waals surface area contributed by atoms with Crippen molar-refractivity contribution in [3.8, 4) is 11.1 Å². The maximum absolute atomic E-state index is 14.6. The number of benzene rings is 1. The van der Waals surface area contributed by atoms with E-state index in [4.69, 9.17) is 0 Å². The first-order chi connectivity index (χ1) is 18.6. The van der Waals surface area contributed by atoms with Crippen molar-refractivity contribution in [2.45, 2.75) is 50.7 Å². The number of H-pyrrole nitrogens is 1. The number of unbranched alkanes of at least 4 members (excludes halogenated alkanes) is 1. The summed E-state index contributed by atoms with van der Waals surface area (Å²) in [5.41, 5.74) is 11.9. The molecule has 38 heavy (non-hydrogen) atoms. The molecule has 5 N–H and O–H groups in total. The molecular formula is C29H32FN7O. The average Bonchev–Trinajstić information content (AvgIpc) is 3.56. The first-order valence-electron chi connectivity index (χ1n) is 13.3. The molecule has 0 saturated carbocycles. The van der Waals surface area contributed by atoms with Crippen LogP contribution in [0.5, 0.6) is 0 Å². The van der Waals surface area contributed by atoms with Gasteiger partial charge < -0.3 is 15.6 Å². The molecule has 2 fully saturated rings. The molecule has 2 aliphatic rings. The van der Waals surface area contributed by atoms with Gasteiger partial charge in [0.15, 0.2) is 0 Å². The van der Waals surface area contributed by atoms with Gasteiger partial charge in [0.1, 0.15) is 11.5 Å². The molecule has 0 aliphatic carbocycles.